The SMILES string of the molecule is CCOC(=O)c1c(NC(=O)/C(C#N)=C/c2ccc(OCc3ccccc3Cl)c(Br)c2)sc(C)c1C. The van der Waals surface area contributed by atoms with Crippen LogP contribution in [0.1, 0.15) is 38.8 Å². The third-order valence-electron chi connectivity index (χ3n) is 5.06. The zero-order valence-corrected chi connectivity index (χ0v) is 22.4. The van der Waals surface area contributed by atoms with Crippen LogP contribution < -0.4 is 10.1 Å². The Morgan fingerprint density at radius 3 is 2.63 bits per heavy atom. The summed E-state index contributed by atoms with van der Waals surface area (Å²) in [4.78, 5) is 26.1. The molecule has 0 saturated carbocycles. The molecule has 0 spiro atoms. The third-order valence-corrected chi connectivity index (χ3v) is 7.18. The molecule has 1 heterocycles. The summed E-state index contributed by atoms with van der Waals surface area (Å²) in [6.45, 7) is 5.87. The lowest BCUT2D eigenvalue weighted by atomic mass is 10.1. The number of esters is 1. The molecule has 0 fully saturated rings. The van der Waals surface area contributed by atoms with Crippen molar-refractivity contribution in [3.63, 3.8) is 0 Å². The lowest BCUT2D eigenvalue weighted by molar-refractivity contribution is -0.112. The van der Waals surface area contributed by atoms with Gasteiger partial charge in [-0.2, -0.15) is 5.26 Å². The minimum atomic E-state index is -0.616. The van der Waals surface area contributed by atoms with Crippen LogP contribution in [0.15, 0.2) is 52.5 Å². The topological polar surface area (TPSA) is 88.4 Å². The molecular formula is C26H22BrClN2O4S. The number of nitrogens with zero attached hydrogens (tertiary/aromatic N) is 1. The van der Waals surface area contributed by atoms with Gasteiger partial charge in [-0.05, 0) is 72.1 Å². The summed E-state index contributed by atoms with van der Waals surface area (Å²) in [7, 11) is 0. The number of nitrogens with one attached hydrogen (secondary N) is 1. The minimum absolute atomic E-state index is 0.111. The summed E-state index contributed by atoms with van der Waals surface area (Å²) in [6.07, 6.45) is 1.47. The number of rotatable bonds is 8. The molecule has 0 saturated heterocycles. The number of hydrogen-bond acceptors (Lipinski definition) is 6. The van der Waals surface area contributed by atoms with Crippen molar-refractivity contribution in [2.75, 3.05) is 11.9 Å². The number of thiophene rings is 1. The predicted molar refractivity (Wildman–Crippen MR) is 142 cm³/mol. The number of nitriles is 1. The first kappa shape index (κ1) is 26.5. The molecule has 0 aliphatic carbocycles. The van der Waals surface area contributed by atoms with Gasteiger partial charge < -0.3 is 14.8 Å². The van der Waals surface area contributed by atoms with Crippen molar-refractivity contribution in [2.45, 2.75) is 27.4 Å². The normalized spacial score (nSPS) is 11.0. The molecule has 1 N–H and O–H groups in total. The Bertz CT molecular complexity index is 1340. The molecule has 0 aliphatic rings. The van der Waals surface area contributed by atoms with Crippen molar-refractivity contribution in [1.29, 1.82) is 5.26 Å². The molecule has 6 nitrogen and oxygen atoms in total. The fourth-order valence-corrected chi connectivity index (χ4v) is 4.89. The lowest BCUT2D eigenvalue weighted by Gasteiger charge is -2.10. The number of aryl methyl sites for hydroxylation is 1. The Morgan fingerprint density at radius 1 is 1.23 bits per heavy atom. The van der Waals surface area contributed by atoms with Crippen LogP contribution in [0, 0.1) is 25.2 Å². The van der Waals surface area contributed by atoms with Gasteiger partial charge in [-0.3, -0.25) is 4.79 Å². The fourth-order valence-electron chi connectivity index (χ4n) is 3.14. The molecule has 35 heavy (non-hydrogen) atoms. The van der Waals surface area contributed by atoms with E-state index in [0.29, 0.717) is 38.0 Å². The number of anilines is 1. The second-order valence-electron chi connectivity index (χ2n) is 7.40. The highest BCUT2D eigenvalue weighted by Crippen LogP contribution is 2.34. The summed E-state index contributed by atoms with van der Waals surface area (Å²) in [5.74, 6) is -0.536. The second kappa shape index (κ2) is 12.0. The van der Waals surface area contributed by atoms with E-state index in [1.54, 1.807) is 38.1 Å². The number of ether oxygens (including phenoxy) is 2. The quantitative estimate of drug-likeness (QED) is 0.177. The van der Waals surface area contributed by atoms with Crippen LogP contribution in [0.25, 0.3) is 6.08 Å². The van der Waals surface area contributed by atoms with Crippen LogP contribution in [-0.4, -0.2) is 18.5 Å². The third kappa shape index (κ3) is 6.51. The zero-order chi connectivity index (χ0) is 25.5. The van der Waals surface area contributed by atoms with Crippen LogP contribution in [-0.2, 0) is 16.1 Å². The van der Waals surface area contributed by atoms with Gasteiger partial charge in [0.25, 0.3) is 5.91 Å². The van der Waals surface area contributed by atoms with Gasteiger partial charge in [0.05, 0.1) is 16.6 Å². The van der Waals surface area contributed by atoms with Gasteiger partial charge in [0.15, 0.2) is 0 Å². The highest BCUT2D eigenvalue weighted by Gasteiger charge is 2.23. The molecule has 0 bridgehead atoms. The van der Waals surface area contributed by atoms with Crippen LogP contribution in [0.3, 0.4) is 0 Å². The molecule has 3 rings (SSSR count). The summed E-state index contributed by atoms with van der Waals surface area (Å²) in [5.41, 5.74) is 2.41. The number of carbonyl (C=O) groups is 2. The molecule has 9 heteroatoms. The molecule has 3 aromatic rings. The van der Waals surface area contributed by atoms with Crippen molar-refractivity contribution in [3.8, 4) is 11.8 Å². The van der Waals surface area contributed by atoms with Crippen LogP contribution in [0.5, 0.6) is 5.75 Å². The first-order chi connectivity index (χ1) is 16.7. The van der Waals surface area contributed by atoms with E-state index in [4.69, 9.17) is 21.1 Å². The minimum Gasteiger partial charge on any atom is -0.488 e. The van der Waals surface area contributed by atoms with Crippen LogP contribution in [0.2, 0.25) is 5.02 Å². The van der Waals surface area contributed by atoms with Crippen molar-refractivity contribution in [2.24, 2.45) is 0 Å². The Balaban J connectivity index is 1.77. The Morgan fingerprint density at radius 2 is 1.97 bits per heavy atom. The van der Waals surface area contributed by atoms with E-state index in [-0.39, 0.29) is 12.2 Å². The van der Waals surface area contributed by atoms with E-state index >= 15 is 0 Å². The highest BCUT2D eigenvalue weighted by atomic mass is 79.9. The predicted octanol–water partition coefficient (Wildman–Crippen LogP) is 7.08. The van der Waals surface area contributed by atoms with E-state index in [2.05, 4.69) is 21.2 Å². The average Bonchev–Trinajstić information content (AvgIpc) is 3.10. The first-order valence-corrected chi connectivity index (χ1v) is 12.6. The number of benzene rings is 2. The number of hydrogen-bond donors (Lipinski definition) is 1. The van der Waals surface area contributed by atoms with E-state index in [1.807, 2.05) is 31.2 Å². The first-order valence-electron chi connectivity index (χ1n) is 10.6. The molecule has 0 radical (unpaired) electrons. The molecule has 0 unspecified atom stereocenters. The van der Waals surface area contributed by atoms with E-state index in [0.717, 1.165) is 16.0 Å². The molecule has 1 aromatic heterocycles. The van der Waals surface area contributed by atoms with Gasteiger partial charge in [-0.15, -0.1) is 11.3 Å². The van der Waals surface area contributed by atoms with Gasteiger partial charge in [0.1, 0.15) is 29.0 Å². The largest absolute Gasteiger partial charge is 0.488 e. The Labute approximate surface area is 221 Å². The smallest absolute Gasteiger partial charge is 0.341 e. The summed E-state index contributed by atoms with van der Waals surface area (Å²) >= 11 is 10.9. The van der Waals surface area contributed by atoms with E-state index in [1.165, 1.54) is 17.4 Å². The van der Waals surface area contributed by atoms with Crippen LogP contribution >= 0.6 is 38.9 Å². The number of carbonyl (C=O) groups excluding carboxylic acids is 2. The van der Waals surface area contributed by atoms with E-state index < -0.39 is 11.9 Å². The molecular weight excluding hydrogens is 552 g/mol. The maximum Gasteiger partial charge on any atom is 0.341 e. The standard InChI is InChI=1S/C26H22BrClN2O4S/c1-4-33-26(32)23-15(2)16(3)35-25(23)30-24(31)19(13-29)11-17-9-10-22(20(27)12-17)34-14-18-7-5-6-8-21(18)28/h5-12H,4,14H2,1-3H3,(H,30,31)/b19-11+. The fraction of sp³-hybridized carbons (Fsp3) is 0.192. The lowest BCUT2D eigenvalue weighted by Crippen LogP contribution is -2.16. The van der Waals surface area contributed by atoms with Crippen LogP contribution in [0.4, 0.5) is 5.00 Å². The van der Waals surface area contributed by atoms with Gasteiger partial charge in [0, 0.05) is 15.5 Å². The van der Waals surface area contributed by atoms with Crippen molar-refractivity contribution in [3.05, 3.63) is 84.7 Å². The van der Waals surface area contributed by atoms with Gasteiger partial charge in [-0.1, -0.05) is 35.9 Å². The maximum atomic E-state index is 12.8. The summed E-state index contributed by atoms with van der Waals surface area (Å²) in [6, 6.07) is 14.6. The molecule has 2 aromatic carbocycles. The number of halogens is 2. The second-order valence-corrected chi connectivity index (χ2v) is 9.89. The van der Waals surface area contributed by atoms with E-state index in [9.17, 15) is 14.9 Å². The summed E-state index contributed by atoms with van der Waals surface area (Å²) < 4.78 is 11.6. The maximum absolute atomic E-state index is 12.8. The zero-order valence-electron chi connectivity index (χ0n) is 19.3. The van der Waals surface area contributed by atoms with Crippen molar-refractivity contribution < 1.29 is 19.1 Å². The highest BCUT2D eigenvalue weighted by molar-refractivity contribution is 9.10. The van der Waals surface area contributed by atoms with Gasteiger partial charge in [0.2, 0.25) is 0 Å². The number of amides is 1. The Kier molecular flexibility index (Phi) is 9.10. The molecule has 0 aliphatic heterocycles. The summed E-state index contributed by atoms with van der Waals surface area (Å²) in [5, 5.41) is 13.3. The molecule has 0 atom stereocenters. The van der Waals surface area contributed by atoms with Gasteiger partial charge in [-0.25, -0.2) is 4.79 Å². The average molecular weight is 574 g/mol. The molecule has 180 valence electrons. The molecule has 1 amide bonds. The van der Waals surface area contributed by atoms with Crippen molar-refractivity contribution in [1.82, 2.24) is 0 Å². The monoisotopic (exact) mass is 572 g/mol. The van der Waals surface area contributed by atoms with Crippen molar-refractivity contribution >= 4 is 61.8 Å². The van der Waals surface area contributed by atoms with Gasteiger partial charge >= 0.3 is 5.97 Å². The Hall–Kier alpha value is -3.12.